The van der Waals surface area contributed by atoms with Crippen LogP contribution in [0.4, 0.5) is 0 Å². The van der Waals surface area contributed by atoms with Crippen molar-refractivity contribution >= 4 is 8.25 Å². The number of phenols is 2. The zero-order valence-electron chi connectivity index (χ0n) is 26.3. The van der Waals surface area contributed by atoms with E-state index in [2.05, 4.69) is 13.8 Å². The van der Waals surface area contributed by atoms with Gasteiger partial charge >= 0.3 is 8.25 Å². The van der Waals surface area contributed by atoms with Gasteiger partial charge < -0.3 is 19.3 Å². The van der Waals surface area contributed by atoms with Crippen molar-refractivity contribution in [1.82, 2.24) is 0 Å². The molecule has 0 saturated heterocycles. The Morgan fingerprint density at radius 3 is 0.975 bits per heavy atom. The van der Waals surface area contributed by atoms with Gasteiger partial charge in [0.25, 0.3) is 0 Å². The standard InChI is InChI=1S/C28H59O3P.C6H6O2/c1-3-5-7-9-11-13-15-17-19-21-23-25-27-30-32(29)31-28-26-24-22-20-18-16-14-12-10-8-6-4-2;7-5-3-1-2-4-6(5)8/h32H,3-28H2,1-2H3;1-4,7-8H. The summed E-state index contributed by atoms with van der Waals surface area (Å²) in [5, 5.41) is 17.3. The number of hydrogen-bond donors (Lipinski definition) is 2. The molecule has 2 N–H and O–H groups in total. The van der Waals surface area contributed by atoms with Crippen LogP contribution in [0.1, 0.15) is 168 Å². The first-order valence-corrected chi connectivity index (χ1v) is 18.1. The van der Waals surface area contributed by atoms with Gasteiger partial charge in [0.15, 0.2) is 11.5 Å². The molecule has 1 aromatic rings. The van der Waals surface area contributed by atoms with Gasteiger partial charge in [-0.1, -0.05) is 167 Å². The molecule has 0 aliphatic carbocycles. The number of rotatable bonds is 28. The van der Waals surface area contributed by atoms with Gasteiger partial charge in [0.1, 0.15) is 0 Å². The van der Waals surface area contributed by atoms with E-state index < -0.39 is 8.25 Å². The minimum absolute atomic E-state index is 0.0764. The maximum atomic E-state index is 11.8. The van der Waals surface area contributed by atoms with Gasteiger partial charge in [-0.15, -0.1) is 0 Å². The second kappa shape index (κ2) is 32.5. The molecule has 40 heavy (non-hydrogen) atoms. The molecular weight excluding hydrogens is 519 g/mol. The first-order valence-electron chi connectivity index (χ1n) is 16.9. The Labute approximate surface area is 248 Å². The average molecular weight is 585 g/mol. The van der Waals surface area contributed by atoms with E-state index in [1.165, 1.54) is 153 Å². The Kier molecular flexibility index (Phi) is 31.6. The number of unbranched alkanes of at least 4 members (excludes halogenated alkanes) is 22. The smallest absolute Gasteiger partial charge is 0.319 e. The van der Waals surface area contributed by atoms with Crippen LogP contribution in [0.15, 0.2) is 24.3 Å². The summed E-state index contributed by atoms with van der Waals surface area (Å²) in [4.78, 5) is 0. The molecule has 0 bridgehead atoms. The maximum absolute atomic E-state index is 11.8. The van der Waals surface area contributed by atoms with Gasteiger partial charge in [-0.25, -0.2) is 0 Å². The molecule has 0 aliphatic heterocycles. The second-order valence-electron chi connectivity index (χ2n) is 11.2. The monoisotopic (exact) mass is 584 g/mol. The van der Waals surface area contributed by atoms with Crippen molar-refractivity contribution in [3.05, 3.63) is 24.3 Å². The number of hydrogen-bond acceptors (Lipinski definition) is 5. The first kappa shape index (κ1) is 39.0. The fraction of sp³-hybridized carbons (Fsp3) is 0.824. The van der Waals surface area contributed by atoms with Crippen molar-refractivity contribution in [2.75, 3.05) is 13.2 Å². The summed E-state index contributed by atoms with van der Waals surface area (Å²) in [6.07, 6.45) is 31.9. The fourth-order valence-electron chi connectivity index (χ4n) is 4.70. The van der Waals surface area contributed by atoms with Crippen LogP contribution < -0.4 is 0 Å². The summed E-state index contributed by atoms with van der Waals surface area (Å²) in [6, 6.07) is 6.15. The average Bonchev–Trinajstić information content (AvgIpc) is 2.95. The molecule has 0 amide bonds. The molecule has 0 atom stereocenters. The van der Waals surface area contributed by atoms with Crippen molar-refractivity contribution in [2.45, 2.75) is 168 Å². The zero-order chi connectivity index (χ0) is 29.4. The molecule has 0 radical (unpaired) electrons. The third kappa shape index (κ3) is 29.9. The van der Waals surface area contributed by atoms with Crippen molar-refractivity contribution < 1.29 is 23.8 Å². The lowest BCUT2D eigenvalue weighted by Gasteiger charge is -2.06. The van der Waals surface area contributed by atoms with Gasteiger partial charge in [-0.2, -0.15) is 0 Å². The highest BCUT2D eigenvalue weighted by Gasteiger charge is 2.01. The normalized spacial score (nSPS) is 11.1. The number of phenolic OH excluding ortho intramolecular Hbond substituents is 2. The predicted molar refractivity (Wildman–Crippen MR) is 173 cm³/mol. The molecular formula is C34H65O5P. The first-order chi connectivity index (χ1) is 19.6. The highest BCUT2D eigenvalue weighted by molar-refractivity contribution is 7.33. The number of para-hydroxylation sites is 2. The van der Waals surface area contributed by atoms with Crippen LogP contribution in [0.25, 0.3) is 0 Å². The number of aromatic hydroxyl groups is 2. The van der Waals surface area contributed by atoms with Crippen molar-refractivity contribution in [1.29, 1.82) is 0 Å². The van der Waals surface area contributed by atoms with Crippen molar-refractivity contribution in [3.63, 3.8) is 0 Å². The summed E-state index contributed by atoms with van der Waals surface area (Å²) in [7, 11) is -2.27. The Balaban J connectivity index is 0.00000161. The van der Waals surface area contributed by atoms with E-state index >= 15 is 0 Å². The lowest BCUT2D eigenvalue weighted by molar-refractivity contribution is 0.218. The van der Waals surface area contributed by atoms with Crippen molar-refractivity contribution in [2.24, 2.45) is 0 Å². The molecule has 1 aromatic carbocycles. The minimum atomic E-state index is -2.27. The van der Waals surface area contributed by atoms with E-state index in [0.29, 0.717) is 13.2 Å². The lowest BCUT2D eigenvalue weighted by atomic mass is 10.1. The van der Waals surface area contributed by atoms with Crippen molar-refractivity contribution in [3.8, 4) is 11.5 Å². The summed E-state index contributed by atoms with van der Waals surface area (Å²) in [5.41, 5.74) is 0. The summed E-state index contributed by atoms with van der Waals surface area (Å²) in [5.74, 6) is -0.153. The highest BCUT2D eigenvalue weighted by atomic mass is 31.1. The Hall–Kier alpha value is -1.03. The van der Waals surface area contributed by atoms with Crippen LogP contribution in [0.3, 0.4) is 0 Å². The summed E-state index contributed by atoms with van der Waals surface area (Å²) >= 11 is 0. The molecule has 6 heteroatoms. The Bertz CT molecular complexity index is 602. The zero-order valence-corrected chi connectivity index (χ0v) is 27.3. The Morgan fingerprint density at radius 1 is 0.475 bits per heavy atom. The molecule has 0 saturated carbocycles. The molecule has 0 heterocycles. The quantitative estimate of drug-likeness (QED) is 0.0582. The van der Waals surface area contributed by atoms with E-state index in [1.54, 1.807) is 12.1 Å². The predicted octanol–water partition coefficient (Wildman–Crippen LogP) is 11.9. The molecule has 5 nitrogen and oxygen atoms in total. The summed E-state index contributed by atoms with van der Waals surface area (Å²) in [6.45, 7) is 5.73. The van der Waals surface area contributed by atoms with Gasteiger partial charge in [0, 0.05) is 0 Å². The highest BCUT2D eigenvalue weighted by Crippen LogP contribution is 2.25. The topological polar surface area (TPSA) is 76.0 Å². The SMILES string of the molecule is CCCCCCCCCCCCCCO[PH](=O)OCCCCCCCCCCCCCC.Oc1ccccc1O. The third-order valence-corrected chi connectivity index (χ3v) is 8.20. The minimum Gasteiger partial charge on any atom is -0.504 e. The largest absolute Gasteiger partial charge is 0.504 e. The summed E-state index contributed by atoms with van der Waals surface area (Å²) < 4.78 is 22.5. The molecule has 236 valence electrons. The van der Waals surface area contributed by atoms with E-state index in [-0.39, 0.29) is 11.5 Å². The maximum Gasteiger partial charge on any atom is 0.319 e. The van der Waals surface area contributed by atoms with Crippen LogP contribution in [0.2, 0.25) is 0 Å². The Morgan fingerprint density at radius 2 is 0.725 bits per heavy atom. The second-order valence-corrected chi connectivity index (χ2v) is 12.3. The van der Waals surface area contributed by atoms with Gasteiger partial charge in [-0.3, -0.25) is 4.57 Å². The van der Waals surface area contributed by atoms with Crippen LogP contribution in [0.5, 0.6) is 11.5 Å². The van der Waals surface area contributed by atoms with Crippen LogP contribution in [0, 0.1) is 0 Å². The van der Waals surface area contributed by atoms with Gasteiger partial charge in [0.2, 0.25) is 0 Å². The van der Waals surface area contributed by atoms with E-state index in [4.69, 9.17) is 19.3 Å². The number of benzene rings is 1. The van der Waals surface area contributed by atoms with Crippen LogP contribution >= 0.6 is 8.25 Å². The lowest BCUT2D eigenvalue weighted by Crippen LogP contribution is -1.92. The molecule has 0 aromatic heterocycles. The van der Waals surface area contributed by atoms with E-state index in [0.717, 1.165) is 12.8 Å². The van der Waals surface area contributed by atoms with Crippen LogP contribution in [-0.4, -0.2) is 23.4 Å². The van der Waals surface area contributed by atoms with E-state index in [9.17, 15) is 4.57 Å². The van der Waals surface area contributed by atoms with Gasteiger partial charge in [0.05, 0.1) is 13.2 Å². The molecule has 0 unspecified atom stereocenters. The van der Waals surface area contributed by atoms with Crippen LogP contribution in [-0.2, 0) is 13.6 Å². The molecule has 1 rings (SSSR count). The molecule has 0 fully saturated rings. The molecule has 0 spiro atoms. The van der Waals surface area contributed by atoms with E-state index in [1.807, 2.05) is 0 Å². The molecule has 0 aliphatic rings. The fourth-order valence-corrected chi connectivity index (χ4v) is 5.41. The third-order valence-electron chi connectivity index (χ3n) is 7.32. The van der Waals surface area contributed by atoms with Gasteiger partial charge in [-0.05, 0) is 25.0 Å².